The first-order chi connectivity index (χ1) is 10.3. The molecular formula is C17H31N3O2. The monoisotopic (exact) mass is 309 g/mol. The van der Waals surface area contributed by atoms with Crippen molar-refractivity contribution in [2.24, 2.45) is 10.9 Å². The highest BCUT2D eigenvalue weighted by Gasteiger charge is 2.26. The van der Waals surface area contributed by atoms with Gasteiger partial charge in [0.2, 0.25) is 0 Å². The predicted molar refractivity (Wildman–Crippen MR) is 90.9 cm³/mol. The summed E-state index contributed by atoms with van der Waals surface area (Å²) < 4.78 is 5.28. The number of hydrogen-bond acceptors (Lipinski definition) is 3. The van der Waals surface area contributed by atoms with Crippen molar-refractivity contribution in [2.75, 3.05) is 13.1 Å². The molecule has 0 saturated carbocycles. The van der Waals surface area contributed by atoms with Crippen LogP contribution >= 0.6 is 0 Å². The Morgan fingerprint density at radius 3 is 2.64 bits per heavy atom. The van der Waals surface area contributed by atoms with Crippen LogP contribution in [0.1, 0.15) is 53.2 Å². The molecule has 126 valence electrons. The van der Waals surface area contributed by atoms with Crippen molar-refractivity contribution in [1.82, 2.24) is 10.6 Å². The first kappa shape index (κ1) is 18.6. The molecule has 5 heteroatoms. The SMILES string of the molecule is CCNC(=NCC(C)(O)c1ccco1)NC(C)CCC(C)C. The number of rotatable bonds is 8. The Labute approximate surface area is 134 Å². The van der Waals surface area contributed by atoms with E-state index in [0.717, 1.165) is 18.9 Å². The minimum absolute atomic E-state index is 0.243. The molecule has 0 aliphatic heterocycles. The second-order valence-corrected chi connectivity index (χ2v) is 6.46. The van der Waals surface area contributed by atoms with Gasteiger partial charge in [-0.25, -0.2) is 4.99 Å². The summed E-state index contributed by atoms with van der Waals surface area (Å²) in [6, 6.07) is 3.88. The Bertz CT molecular complexity index is 439. The lowest BCUT2D eigenvalue weighted by Crippen LogP contribution is -2.43. The Balaban J connectivity index is 2.61. The number of aliphatic hydroxyl groups is 1. The third-order valence-electron chi connectivity index (χ3n) is 3.50. The quantitative estimate of drug-likeness (QED) is 0.510. The van der Waals surface area contributed by atoms with E-state index in [1.165, 1.54) is 6.42 Å². The number of furan rings is 1. The maximum absolute atomic E-state index is 10.4. The van der Waals surface area contributed by atoms with Crippen molar-refractivity contribution in [3.05, 3.63) is 24.2 Å². The molecule has 0 aromatic carbocycles. The fraction of sp³-hybridized carbons (Fsp3) is 0.706. The van der Waals surface area contributed by atoms with Gasteiger partial charge < -0.3 is 20.2 Å². The van der Waals surface area contributed by atoms with Gasteiger partial charge in [-0.3, -0.25) is 0 Å². The van der Waals surface area contributed by atoms with Crippen LogP contribution in [0.25, 0.3) is 0 Å². The molecule has 5 nitrogen and oxygen atoms in total. The molecule has 0 bridgehead atoms. The van der Waals surface area contributed by atoms with Gasteiger partial charge >= 0.3 is 0 Å². The molecule has 2 unspecified atom stereocenters. The summed E-state index contributed by atoms with van der Waals surface area (Å²) in [5.74, 6) is 1.95. The summed E-state index contributed by atoms with van der Waals surface area (Å²) in [7, 11) is 0. The van der Waals surface area contributed by atoms with Crippen molar-refractivity contribution in [3.8, 4) is 0 Å². The number of nitrogens with one attached hydrogen (secondary N) is 2. The van der Waals surface area contributed by atoms with Crippen LogP contribution in [-0.2, 0) is 5.60 Å². The zero-order valence-corrected chi connectivity index (χ0v) is 14.5. The highest BCUT2D eigenvalue weighted by Crippen LogP contribution is 2.21. The van der Waals surface area contributed by atoms with Crippen LogP contribution in [0.5, 0.6) is 0 Å². The van der Waals surface area contributed by atoms with Gasteiger partial charge in [-0.2, -0.15) is 0 Å². The zero-order chi connectivity index (χ0) is 16.6. The molecule has 2 atom stereocenters. The molecule has 0 saturated heterocycles. The van der Waals surface area contributed by atoms with Crippen LogP contribution in [-0.4, -0.2) is 30.2 Å². The van der Waals surface area contributed by atoms with Crippen molar-refractivity contribution >= 4 is 5.96 Å². The number of nitrogens with zero attached hydrogens (tertiary/aromatic N) is 1. The molecule has 0 amide bonds. The van der Waals surface area contributed by atoms with E-state index in [9.17, 15) is 5.11 Å². The van der Waals surface area contributed by atoms with Crippen LogP contribution in [0.15, 0.2) is 27.8 Å². The summed E-state index contributed by atoms with van der Waals surface area (Å²) in [5, 5.41) is 17.1. The fourth-order valence-electron chi connectivity index (χ4n) is 2.10. The zero-order valence-electron chi connectivity index (χ0n) is 14.5. The molecule has 0 spiro atoms. The predicted octanol–water partition coefficient (Wildman–Crippen LogP) is 2.87. The van der Waals surface area contributed by atoms with Crippen LogP contribution in [0.2, 0.25) is 0 Å². The molecule has 1 aromatic heterocycles. The minimum Gasteiger partial charge on any atom is -0.466 e. The van der Waals surface area contributed by atoms with Gasteiger partial charge in [0.05, 0.1) is 12.8 Å². The van der Waals surface area contributed by atoms with Gasteiger partial charge in [0.25, 0.3) is 0 Å². The molecule has 0 radical (unpaired) electrons. The van der Waals surface area contributed by atoms with Crippen LogP contribution in [0, 0.1) is 5.92 Å². The van der Waals surface area contributed by atoms with E-state index in [1.54, 1.807) is 25.3 Å². The van der Waals surface area contributed by atoms with Crippen molar-refractivity contribution < 1.29 is 9.52 Å². The third kappa shape index (κ3) is 6.52. The molecule has 0 aliphatic carbocycles. The highest BCUT2D eigenvalue weighted by molar-refractivity contribution is 5.80. The molecule has 22 heavy (non-hydrogen) atoms. The molecule has 0 aliphatic rings. The van der Waals surface area contributed by atoms with E-state index < -0.39 is 5.60 Å². The number of aliphatic imine (C=N–C) groups is 1. The van der Waals surface area contributed by atoms with E-state index >= 15 is 0 Å². The van der Waals surface area contributed by atoms with Gasteiger partial charge in [0.1, 0.15) is 11.4 Å². The second-order valence-electron chi connectivity index (χ2n) is 6.46. The third-order valence-corrected chi connectivity index (χ3v) is 3.50. The van der Waals surface area contributed by atoms with Crippen molar-refractivity contribution in [3.63, 3.8) is 0 Å². The summed E-state index contributed by atoms with van der Waals surface area (Å²) in [6.45, 7) is 11.4. The maximum Gasteiger partial charge on any atom is 0.191 e. The average molecular weight is 309 g/mol. The second kappa shape index (κ2) is 8.83. The number of guanidine groups is 1. The molecular weight excluding hydrogens is 278 g/mol. The van der Waals surface area contributed by atoms with Crippen molar-refractivity contribution in [1.29, 1.82) is 0 Å². The lowest BCUT2D eigenvalue weighted by atomic mass is 10.0. The highest BCUT2D eigenvalue weighted by atomic mass is 16.4. The smallest absolute Gasteiger partial charge is 0.191 e. The Morgan fingerprint density at radius 1 is 1.36 bits per heavy atom. The summed E-state index contributed by atoms with van der Waals surface area (Å²) in [5.41, 5.74) is -1.10. The van der Waals surface area contributed by atoms with E-state index in [4.69, 9.17) is 4.42 Å². The van der Waals surface area contributed by atoms with Crippen LogP contribution in [0.3, 0.4) is 0 Å². The maximum atomic E-state index is 10.4. The van der Waals surface area contributed by atoms with Gasteiger partial charge in [-0.05, 0) is 51.7 Å². The minimum atomic E-state index is -1.10. The average Bonchev–Trinajstić information content (AvgIpc) is 2.98. The lowest BCUT2D eigenvalue weighted by Gasteiger charge is -2.22. The molecule has 1 heterocycles. The molecule has 1 aromatic rings. The summed E-state index contributed by atoms with van der Waals surface area (Å²) in [4.78, 5) is 4.49. The van der Waals surface area contributed by atoms with Gasteiger partial charge in [-0.15, -0.1) is 0 Å². The normalized spacial score (nSPS) is 16.4. The molecule has 1 rings (SSSR count). The topological polar surface area (TPSA) is 69.8 Å². The van der Waals surface area contributed by atoms with Gasteiger partial charge in [0.15, 0.2) is 5.96 Å². The Kier molecular flexibility index (Phi) is 7.45. The van der Waals surface area contributed by atoms with Gasteiger partial charge in [0, 0.05) is 12.6 Å². The van der Waals surface area contributed by atoms with E-state index in [-0.39, 0.29) is 6.54 Å². The first-order valence-corrected chi connectivity index (χ1v) is 8.16. The van der Waals surface area contributed by atoms with Crippen LogP contribution in [0.4, 0.5) is 0 Å². The Hall–Kier alpha value is -1.49. The van der Waals surface area contributed by atoms with Gasteiger partial charge in [-0.1, -0.05) is 13.8 Å². The summed E-state index contributed by atoms with van der Waals surface area (Å²) in [6.07, 6.45) is 3.83. The van der Waals surface area contributed by atoms with E-state index in [0.29, 0.717) is 17.7 Å². The lowest BCUT2D eigenvalue weighted by molar-refractivity contribution is 0.0436. The van der Waals surface area contributed by atoms with Crippen LogP contribution < -0.4 is 10.6 Å². The largest absolute Gasteiger partial charge is 0.466 e. The van der Waals surface area contributed by atoms with E-state index in [2.05, 4.69) is 36.4 Å². The molecule has 0 fully saturated rings. The number of hydrogen-bond donors (Lipinski definition) is 3. The molecule has 3 N–H and O–H groups in total. The van der Waals surface area contributed by atoms with Crippen molar-refractivity contribution in [2.45, 2.75) is 59.1 Å². The Morgan fingerprint density at radius 2 is 2.09 bits per heavy atom. The fourth-order valence-corrected chi connectivity index (χ4v) is 2.10. The summed E-state index contributed by atoms with van der Waals surface area (Å²) >= 11 is 0. The van der Waals surface area contributed by atoms with E-state index in [1.807, 2.05) is 6.92 Å². The first-order valence-electron chi connectivity index (χ1n) is 8.16. The standard InChI is InChI=1S/C17H31N3O2/c1-6-18-16(20-14(4)10-9-13(2)3)19-12-17(5,21)15-8-7-11-22-15/h7-8,11,13-14,21H,6,9-10,12H2,1-5H3,(H2,18,19,20).